The Labute approximate surface area is 177 Å². The van der Waals surface area contributed by atoms with Crippen molar-refractivity contribution in [3.05, 3.63) is 52.0 Å². The number of rotatable bonds is 11. The fourth-order valence-electron chi connectivity index (χ4n) is 4.12. The number of hydrogen-bond acceptors (Lipinski definition) is 4. The third kappa shape index (κ3) is 4.96. The molecular weight excluding hydrogens is 380 g/mol. The van der Waals surface area contributed by atoms with Crippen molar-refractivity contribution in [2.45, 2.75) is 65.3 Å². The lowest BCUT2D eigenvalue weighted by Gasteiger charge is -2.19. The Morgan fingerprint density at radius 2 is 2.00 bits per heavy atom. The van der Waals surface area contributed by atoms with Gasteiger partial charge in [-0.2, -0.15) is 0 Å². The van der Waals surface area contributed by atoms with Gasteiger partial charge in [0.2, 0.25) is 0 Å². The number of carbonyl (C=O) groups excluding carboxylic acids is 1. The molecule has 1 N–H and O–H groups in total. The first-order chi connectivity index (χ1) is 14.1. The standard InChI is InChI=1S/C24H32N2O2S/c1-4-8-17(16-27)13-23(28)18-10-11-22-21(14-18)25-24(15-20-9-7-12-29-20)26(22)19(5-2)6-3/h7,9-12,14,17,19,27H,4-6,8,13,15-16H2,1-3H3/t17-/m1/s1. The third-order valence-corrected chi connectivity index (χ3v) is 6.61. The number of fused-ring (bicyclic) bond motifs is 1. The zero-order valence-corrected chi connectivity index (χ0v) is 18.5. The molecule has 3 rings (SSSR count). The van der Waals surface area contributed by atoms with E-state index in [0.717, 1.165) is 49.0 Å². The van der Waals surface area contributed by atoms with E-state index in [2.05, 4.69) is 48.9 Å². The minimum absolute atomic E-state index is 0.0414. The predicted molar refractivity (Wildman–Crippen MR) is 121 cm³/mol. The van der Waals surface area contributed by atoms with Gasteiger partial charge >= 0.3 is 0 Å². The van der Waals surface area contributed by atoms with Gasteiger partial charge in [-0.1, -0.05) is 33.3 Å². The first kappa shape index (κ1) is 21.7. The molecule has 29 heavy (non-hydrogen) atoms. The maximum absolute atomic E-state index is 12.8. The summed E-state index contributed by atoms with van der Waals surface area (Å²) in [4.78, 5) is 19.0. The second-order valence-electron chi connectivity index (χ2n) is 7.79. The van der Waals surface area contributed by atoms with Crippen molar-refractivity contribution < 1.29 is 9.90 Å². The normalized spacial score (nSPS) is 12.7. The molecule has 0 aliphatic heterocycles. The molecule has 0 radical (unpaired) electrons. The Hall–Kier alpha value is -1.98. The molecule has 0 aliphatic carbocycles. The van der Waals surface area contributed by atoms with Crippen LogP contribution in [-0.4, -0.2) is 27.0 Å². The molecule has 2 aromatic heterocycles. The highest BCUT2D eigenvalue weighted by molar-refractivity contribution is 7.09. The van der Waals surface area contributed by atoms with Crippen molar-refractivity contribution >= 4 is 28.2 Å². The number of carbonyl (C=O) groups is 1. The lowest BCUT2D eigenvalue weighted by atomic mass is 9.95. The first-order valence-electron chi connectivity index (χ1n) is 10.8. The van der Waals surface area contributed by atoms with Gasteiger partial charge in [-0.25, -0.2) is 4.98 Å². The second-order valence-corrected chi connectivity index (χ2v) is 8.82. The van der Waals surface area contributed by atoms with Crippen molar-refractivity contribution in [2.75, 3.05) is 6.61 Å². The van der Waals surface area contributed by atoms with Crippen LogP contribution in [-0.2, 0) is 6.42 Å². The largest absolute Gasteiger partial charge is 0.396 e. The highest BCUT2D eigenvalue weighted by atomic mass is 32.1. The summed E-state index contributed by atoms with van der Waals surface area (Å²) in [7, 11) is 0. The number of ketones is 1. The maximum Gasteiger partial charge on any atom is 0.163 e. The van der Waals surface area contributed by atoms with Crippen LogP contribution in [0.4, 0.5) is 0 Å². The molecule has 0 saturated carbocycles. The van der Waals surface area contributed by atoms with Crippen molar-refractivity contribution in [1.82, 2.24) is 9.55 Å². The molecule has 3 aromatic rings. The summed E-state index contributed by atoms with van der Waals surface area (Å²) in [6.45, 7) is 6.58. The van der Waals surface area contributed by atoms with E-state index in [4.69, 9.17) is 4.98 Å². The summed E-state index contributed by atoms with van der Waals surface area (Å²) in [6.07, 6.45) is 5.16. The Morgan fingerprint density at radius 1 is 1.21 bits per heavy atom. The van der Waals surface area contributed by atoms with Gasteiger partial charge in [0, 0.05) is 35.9 Å². The quantitative estimate of drug-likeness (QED) is 0.391. The highest BCUT2D eigenvalue weighted by Crippen LogP contribution is 2.29. The molecule has 0 saturated heterocycles. The fourth-order valence-corrected chi connectivity index (χ4v) is 4.82. The summed E-state index contributed by atoms with van der Waals surface area (Å²) in [5.74, 6) is 1.20. The molecule has 156 valence electrons. The molecule has 0 amide bonds. The molecule has 0 bridgehead atoms. The van der Waals surface area contributed by atoms with Crippen molar-refractivity contribution in [2.24, 2.45) is 5.92 Å². The first-order valence-corrected chi connectivity index (χ1v) is 11.7. The average Bonchev–Trinajstić information content (AvgIpc) is 3.36. The number of Topliss-reactive ketones (excluding diaryl/α,β-unsaturated/α-hetero) is 1. The smallest absolute Gasteiger partial charge is 0.163 e. The number of imidazole rings is 1. The van der Waals surface area contributed by atoms with Crippen LogP contribution < -0.4 is 0 Å². The number of thiophene rings is 1. The zero-order chi connectivity index (χ0) is 20.8. The molecule has 2 heterocycles. The zero-order valence-electron chi connectivity index (χ0n) is 17.7. The Bertz CT molecular complexity index is 926. The summed E-state index contributed by atoms with van der Waals surface area (Å²) < 4.78 is 2.37. The van der Waals surface area contributed by atoms with E-state index in [-0.39, 0.29) is 18.3 Å². The number of aliphatic hydroxyl groups excluding tert-OH is 1. The van der Waals surface area contributed by atoms with Crippen LogP contribution in [0.25, 0.3) is 11.0 Å². The number of nitrogens with zero attached hydrogens (tertiary/aromatic N) is 2. The molecule has 1 atom stereocenters. The van der Waals surface area contributed by atoms with E-state index in [0.29, 0.717) is 18.0 Å². The van der Waals surface area contributed by atoms with Gasteiger partial charge in [0.1, 0.15) is 5.82 Å². The van der Waals surface area contributed by atoms with Crippen molar-refractivity contribution in [3.8, 4) is 0 Å². The molecule has 0 unspecified atom stereocenters. The molecule has 5 heteroatoms. The summed E-state index contributed by atoms with van der Waals surface area (Å²) in [5, 5.41) is 11.6. The van der Waals surface area contributed by atoms with Gasteiger partial charge in [-0.05, 0) is 54.8 Å². The molecule has 1 aromatic carbocycles. The van der Waals surface area contributed by atoms with Crippen molar-refractivity contribution in [1.29, 1.82) is 0 Å². The fraction of sp³-hybridized carbons (Fsp3) is 0.500. The number of aliphatic hydroxyl groups is 1. The minimum Gasteiger partial charge on any atom is -0.396 e. The van der Waals surface area contributed by atoms with Gasteiger partial charge in [0.25, 0.3) is 0 Å². The lowest BCUT2D eigenvalue weighted by molar-refractivity contribution is 0.0931. The molecule has 4 nitrogen and oxygen atoms in total. The van der Waals surface area contributed by atoms with Gasteiger partial charge in [0.15, 0.2) is 5.78 Å². The van der Waals surface area contributed by atoms with Crippen LogP contribution in [0.15, 0.2) is 35.7 Å². The van der Waals surface area contributed by atoms with Crippen LogP contribution in [0.1, 0.15) is 80.0 Å². The van der Waals surface area contributed by atoms with Gasteiger partial charge < -0.3 is 9.67 Å². The van der Waals surface area contributed by atoms with Crippen LogP contribution in [0.3, 0.4) is 0 Å². The maximum atomic E-state index is 12.8. The van der Waals surface area contributed by atoms with E-state index in [9.17, 15) is 9.90 Å². The third-order valence-electron chi connectivity index (χ3n) is 5.73. The Morgan fingerprint density at radius 3 is 2.62 bits per heavy atom. The number of hydrogen-bond donors (Lipinski definition) is 1. The van der Waals surface area contributed by atoms with Crippen LogP contribution in [0, 0.1) is 5.92 Å². The summed E-state index contributed by atoms with van der Waals surface area (Å²) >= 11 is 1.75. The Kier molecular flexibility index (Phi) is 7.62. The Balaban J connectivity index is 1.96. The topological polar surface area (TPSA) is 55.1 Å². The van der Waals surface area contributed by atoms with E-state index >= 15 is 0 Å². The van der Waals surface area contributed by atoms with E-state index in [1.165, 1.54) is 4.88 Å². The van der Waals surface area contributed by atoms with E-state index in [1.807, 2.05) is 12.1 Å². The number of benzene rings is 1. The minimum atomic E-state index is 0.0414. The second kappa shape index (κ2) is 10.2. The van der Waals surface area contributed by atoms with E-state index in [1.54, 1.807) is 11.3 Å². The highest BCUT2D eigenvalue weighted by Gasteiger charge is 2.20. The average molecular weight is 413 g/mol. The van der Waals surface area contributed by atoms with Crippen LogP contribution in [0.5, 0.6) is 0 Å². The SMILES string of the molecule is CCC[C@@H](CO)CC(=O)c1ccc2c(c1)nc(Cc1cccs1)n2C(CC)CC. The number of aromatic nitrogens is 2. The molecule has 0 fully saturated rings. The van der Waals surface area contributed by atoms with E-state index < -0.39 is 0 Å². The predicted octanol–water partition coefficient (Wildman–Crippen LogP) is 6.03. The lowest BCUT2D eigenvalue weighted by Crippen LogP contribution is -2.13. The van der Waals surface area contributed by atoms with Gasteiger partial charge in [0.05, 0.1) is 11.0 Å². The molecular formula is C24H32N2O2S. The van der Waals surface area contributed by atoms with Gasteiger partial charge in [-0.15, -0.1) is 11.3 Å². The van der Waals surface area contributed by atoms with Crippen LogP contribution >= 0.6 is 11.3 Å². The summed E-state index contributed by atoms with van der Waals surface area (Å²) in [6, 6.07) is 10.6. The van der Waals surface area contributed by atoms with Gasteiger partial charge in [-0.3, -0.25) is 4.79 Å². The van der Waals surface area contributed by atoms with Crippen molar-refractivity contribution in [3.63, 3.8) is 0 Å². The summed E-state index contributed by atoms with van der Waals surface area (Å²) in [5.41, 5.74) is 2.70. The molecule has 0 aliphatic rings. The monoisotopic (exact) mass is 412 g/mol. The molecule has 0 spiro atoms. The van der Waals surface area contributed by atoms with Crippen LogP contribution in [0.2, 0.25) is 0 Å².